The van der Waals surface area contributed by atoms with Crippen LogP contribution in [0.4, 0.5) is 19.0 Å². The quantitative estimate of drug-likeness (QED) is 0.642. The molecule has 2 bridgehead atoms. The van der Waals surface area contributed by atoms with E-state index in [1.165, 1.54) is 17.2 Å². The summed E-state index contributed by atoms with van der Waals surface area (Å²) in [6.07, 6.45) is 1.87. The van der Waals surface area contributed by atoms with E-state index in [4.69, 9.17) is 0 Å². The first-order valence-corrected chi connectivity index (χ1v) is 10.5. The number of fused-ring (bicyclic) bond motifs is 2. The van der Waals surface area contributed by atoms with Gasteiger partial charge in [-0.25, -0.2) is 15.0 Å². The summed E-state index contributed by atoms with van der Waals surface area (Å²) in [5.74, 6) is 0.279. The molecule has 0 aromatic carbocycles. The summed E-state index contributed by atoms with van der Waals surface area (Å²) in [7, 11) is 0. The van der Waals surface area contributed by atoms with E-state index in [1.807, 2.05) is 18.7 Å². The van der Waals surface area contributed by atoms with Gasteiger partial charge in [-0.1, -0.05) is 0 Å². The van der Waals surface area contributed by atoms with Gasteiger partial charge in [0.15, 0.2) is 11.4 Å². The second-order valence-electron chi connectivity index (χ2n) is 8.43. The Morgan fingerprint density at radius 2 is 1.88 bits per heavy atom. The molecule has 33 heavy (non-hydrogen) atoms. The average Bonchev–Trinajstić information content (AvgIpc) is 3.50. The number of likely N-dealkylation sites (tertiary alicyclic amines) is 1. The van der Waals surface area contributed by atoms with Crippen molar-refractivity contribution in [1.29, 1.82) is 0 Å². The van der Waals surface area contributed by atoms with E-state index in [9.17, 15) is 18.0 Å². The van der Waals surface area contributed by atoms with E-state index >= 15 is 0 Å². The molecule has 9 nitrogen and oxygen atoms in total. The number of pyridine rings is 1. The highest BCUT2D eigenvalue weighted by atomic mass is 19.4. The third-order valence-corrected chi connectivity index (χ3v) is 6.40. The van der Waals surface area contributed by atoms with E-state index in [2.05, 4.69) is 30.5 Å². The van der Waals surface area contributed by atoms with Crippen molar-refractivity contribution in [2.75, 3.05) is 5.32 Å². The lowest BCUT2D eigenvalue weighted by molar-refractivity contribution is -0.141. The van der Waals surface area contributed by atoms with Crippen LogP contribution in [0.15, 0.2) is 36.9 Å². The summed E-state index contributed by atoms with van der Waals surface area (Å²) in [6, 6.07) is 3.25. The molecule has 5 rings (SSSR count). The Hall–Kier alpha value is -3.57. The van der Waals surface area contributed by atoms with Gasteiger partial charge in [-0.3, -0.25) is 4.79 Å². The van der Waals surface area contributed by atoms with Crippen molar-refractivity contribution < 1.29 is 18.0 Å². The molecule has 1 aliphatic carbocycles. The maximum atomic E-state index is 13.7. The van der Waals surface area contributed by atoms with Crippen LogP contribution in [0.5, 0.6) is 0 Å². The Labute approximate surface area is 187 Å². The molecule has 2 fully saturated rings. The van der Waals surface area contributed by atoms with Crippen LogP contribution in [0.3, 0.4) is 0 Å². The lowest BCUT2D eigenvalue weighted by atomic mass is 9.97. The fourth-order valence-corrected chi connectivity index (χ4v) is 4.84. The zero-order chi connectivity index (χ0) is 23.3. The van der Waals surface area contributed by atoms with Gasteiger partial charge >= 0.3 is 6.18 Å². The predicted molar refractivity (Wildman–Crippen MR) is 110 cm³/mol. The molecule has 4 heterocycles. The third kappa shape index (κ3) is 3.79. The van der Waals surface area contributed by atoms with E-state index in [0.717, 1.165) is 19.0 Å². The summed E-state index contributed by atoms with van der Waals surface area (Å²) in [5, 5.41) is 11.4. The minimum absolute atomic E-state index is 0.0000163. The second kappa shape index (κ2) is 7.78. The van der Waals surface area contributed by atoms with Crippen LogP contribution < -0.4 is 5.32 Å². The van der Waals surface area contributed by atoms with Gasteiger partial charge < -0.3 is 10.2 Å². The number of piperidine rings is 1. The molecule has 12 heteroatoms. The highest BCUT2D eigenvalue weighted by molar-refractivity contribution is 5.96. The summed E-state index contributed by atoms with van der Waals surface area (Å²) < 4.78 is 38.3. The van der Waals surface area contributed by atoms with E-state index < -0.39 is 11.9 Å². The van der Waals surface area contributed by atoms with Gasteiger partial charge in [0.25, 0.3) is 5.91 Å². The highest BCUT2D eigenvalue weighted by Gasteiger charge is 2.52. The first-order valence-electron chi connectivity index (χ1n) is 10.5. The number of rotatable bonds is 4. The fraction of sp³-hybridized carbons (Fsp3) is 0.429. The van der Waals surface area contributed by atoms with Gasteiger partial charge in [0.1, 0.15) is 11.5 Å². The third-order valence-electron chi connectivity index (χ3n) is 6.40. The van der Waals surface area contributed by atoms with Gasteiger partial charge in [0.2, 0.25) is 0 Å². The number of alkyl halides is 3. The van der Waals surface area contributed by atoms with E-state index in [1.54, 1.807) is 12.1 Å². The Morgan fingerprint density at radius 3 is 2.52 bits per heavy atom. The number of halogens is 3. The van der Waals surface area contributed by atoms with Crippen LogP contribution >= 0.6 is 0 Å². The number of hydrogen-bond donors (Lipinski definition) is 1. The van der Waals surface area contributed by atoms with Crippen molar-refractivity contribution in [2.45, 2.75) is 51.0 Å². The summed E-state index contributed by atoms with van der Waals surface area (Å²) in [4.78, 5) is 28.7. The molecule has 1 N–H and O–H groups in total. The fourth-order valence-electron chi connectivity index (χ4n) is 4.84. The predicted octanol–water partition coefficient (Wildman–Crippen LogP) is 2.88. The van der Waals surface area contributed by atoms with Crippen LogP contribution in [-0.4, -0.2) is 58.9 Å². The molecule has 3 aromatic rings. The van der Waals surface area contributed by atoms with Crippen LogP contribution in [-0.2, 0) is 6.18 Å². The summed E-state index contributed by atoms with van der Waals surface area (Å²) >= 11 is 0. The van der Waals surface area contributed by atoms with Gasteiger partial charge in [-0.2, -0.15) is 23.4 Å². The van der Waals surface area contributed by atoms with E-state index in [-0.39, 0.29) is 41.5 Å². The first-order chi connectivity index (χ1) is 15.7. The van der Waals surface area contributed by atoms with Gasteiger partial charge in [0.05, 0.1) is 30.8 Å². The molecule has 1 amide bonds. The number of nitrogens with one attached hydrogen (secondary N) is 1. The van der Waals surface area contributed by atoms with Crippen LogP contribution in [0.1, 0.15) is 41.6 Å². The summed E-state index contributed by atoms with van der Waals surface area (Å²) in [5.41, 5.74) is 0.403. The molecular weight excluding hydrogens is 437 g/mol. The smallest absolute Gasteiger partial charge is 0.364 e. The number of nitrogens with zero attached hydrogens (tertiary/aromatic N) is 7. The molecule has 0 radical (unpaired) electrons. The van der Waals surface area contributed by atoms with Crippen molar-refractivity contribution in [2.24, 2.45) is 5.92 Å². The van der Waals surface area contributed by atoms with Crippen LogP contribution in [0, 0.1) is 12.8 Å². The lowest BCUT2D eigenvalue weighted by Crippen LogP contribution is -2.52. The average molecular weight is 458 g/mol. The molecule has 4 atom stereocenters. The monoisotopic (exact) mass is 458 g/mol. The second-order valence-corrected chi connectivity index (χ2v) is 8.43. The van der Waals surface area contributed by atoms with Crippen LogP contribution in [0.25, 0.3) is 5.69 Å². The minimum atomic E-state index is -4.54. The number of anilines is 1. The van der Waals surface area contributed by atoms with Crippen molar-refractivity contribution >= 4 is 11.7 Å². The molecule has 0 unspecified atom stereocenters. The lowest BCUT2D eigenvalue weighted by Gasteiger charge is -2.38. The molecular formula is C21H21F3N8O. The van der Waals surface area contributed by atoms with Crippen molar-refractivity contribution in [1.82, 2.24) is 34.8 Å². The number of aryl methyl sites for hydroxylation is 1. The Morgan fingerprint density at radius 1 is 1.12 bits per heavy atom. The molecule has 1 saturated carbocycles. The maximum absolute atomic E-state index is 13.7. The standard InChI is InChI=1S/C21H21F3N8O/c1-11-3-4-15(32-27-5-6-28-32)19(29-11)20(33)31-12(2)13-7-14(16(31)8-13)30-18-10-25-17(9-26-18)21(22,23)24/h3-6,9-10,12-14,16H,7-8H2,1-2H3,(H,26,30)/t12-,13-,14+,16-/m0/s1. The number of amides is 1. The van der Waals surface area contributed by atoms with Gasteiger partial charge in [-0.05, 0) is 44.7 Å². The van der Waals surface area contributed by atoms with Crippen molar-refractivity contribution in [3.05, 3.63) is 54.0 Å². The maximum Gasteiger partial charge on any atom is 0.434 e. The SMILES string of the molecule is Cc1ccc(-n2nccn2)c(C(=O)N2[C@@H](C)[C@H]3C[C@@H](Nc4cnc(C(F)(F)F)cn4)[C@@H]2C3)n1. The van der Waals surface area contributed by atoms with Crippen molar-refractivity contribution in [3.8, 4) is 5.69 Å². The van der Waals surface area contributed by atoms with Gasteiger partial charge in [-0.15, -0.1) is 4.80 Å². The van der Waals surface area contributed by atoms with Crippen LogP contribution in [0.2, 0.25) is 0 Å². The Kier molecular flexibility index (Phi) is 5.02. The number of aromatic nitrogens is 6. The summed E-state index contributed by atoms with van der Waals surface area (Å²) in [6.45, 7) is 3.82. The molecule has 0 spiro atoms. The number of carbonyl (C=O) groups excluding carboxylic acids is 1. The molecule has 1 aliphatic heterocycles. The topological polar surface area (TPSA) is 102 Å². The number of hydrogen-bond acceptors (Lipinski definition) is 7. The number of carbonyl (C=O) groups is 1. The molecule has 2 aliphatic rings. The highest BCUT2D eigenvalue weighted by Crippen LogP contribution is 2.44. The Balaban J connectivity index is 1.40. The Bertz CT molecular complexity index is 1170. The molecule has 1 saturated heterocycles. The molecule has 172 valence electrons. The minimum Gasteiger partial charge on any atom is -0.364 e. The zero-order valence-electron chi connectivity index (χ0n) is 17.9. The van der Waals surface area contributed by atoms with Gasteiger partial charge in [0, 0.05) is 17.8 Å². The normalized spacial score (nSPS) is 24.3. The molecule has 3 aromatic heterocycles. The van der Waals surface area contributed by atoms with E-state index in [0.29, 0.717) is 17.6 Å². The zero-order valence-corrected chi connectivity index (χ0v) is 17.9. The van der Waals surface area contributed by atoms with Crippen molar-refractivity contribution in [3.63, 3.8) is 0 Å². The largest absolute Gasteiger partial charge is 0.434 e. The first kappa shape index (κ1) is 21.3.